The Hall–Kier alpha value is -1.45. The summed E-state index contributed by atoms with van der Waals surface area (Å²) in [4.78, 5) is 23.0. The Morgan fingerprint density at radius 1 is 1.35 bits per heavy atom. The summed E-state index contributed by atoms with van der Waals surface area (Å²) in [5.41, 5.74) is 0. The van der Waals surface area contributed by atoms with Crippen molar-refractivity contribution < 1.29 is 23.1 Å². The van der Waals surface area contributed by atoms with Crippen molar-refractivity contribution in [1.82, 2.24) is 9.62 Å². The van der Waals surface area contributed by atoms with E-state index in [9.17, 15) is 18.0 Å². The summed E-state index contributed by atoms with van der Waals surface area (Å²) < 4.78 is 25.3. The molecule has 0 atom stereocenters. The summed E-state index contributed by atoms with van der Waals surface area (Å²) in [6.07, 6.45) is 0.997. The van der Waals surface area contributed by atoms with Crippen LogP contribution >= 0.6 is 11.3 Å². The maximum atomic E-state index is 12.2. The van der Waals surface area contributed by atoms with E-state index in [1.165, 1.54) is 13.1 Å². The lowest BCUT2D eigenvalue weighted by Crippen LogP contribution is -2.31. The number of carboxylic acids is 1. The summed E-state index contributed by atoms with van der Waals surface area (Å²) in [6.45, 7) is 3.78. The predicted octanol–water partition coefficient (Wildman–Crippen LogP) is 1.16. The van der Waals surface area contributed by atoms with Gasteiger partial charge >= 0.3 is 5.97 Å². The number of hydrogen-bond acceptors (Lipinski definition) is 5. The molecule has 0 spiro atoms. The van der Waals surface area contributed by atoms with Crippen molar-refractivity contribution in [1.29, 1.82) is 0 Å². The van der Waals surface area contributed by atoms with Gasteiger partial charge in [-0.3, -0.25) is 9.59 Å². The minimum absolute atomic E-state index is 0.0226. The second kappa shape index (κ2) is 8.42. The average Bonchev–Trinajstić information content (AvgIpc) is 2.86. The normalized spacial score (nSPS) is 11.9. The third-order valence-corrected chi connectivity index (χ3v) is 6.36. The molecule has 0 saturated heterocycles. The lowest BCUT2D eigenvalue weighted by atomic mass is 10.1. The molecule has 0 saturated carbocycles. The first-order valence-corrected chi connectivity index (χ1v) is 9.42. The van der Waals surface area contributed by atoms with E-state index in [1.807, 2.05) is 13.8 Å². The molecule has 0 bridgehead atoms. The number of carbonyl (C=O) groups is 2. The molecule has 0 aliphatic heterocycles. The van der Waals surface area contributed by atoms with Crippen molar-refractivity contribution in [2.45, 2.75) is 30.9 Å². The number of nitrogens with one attached hydrogen (secondary N) is 1. The molecular weight excluding hydrogens is 340 g/mol. The van der Waals surface area contributed by atoms with E-state index in [-0.39, 0.29) is 10.1 Å². The molecule has 0 aliphatic carbocycles. The van der Waals surface area contributed by atoms with Crippen molar-refractivity contribution in [3.8, 4) is 0 Å². The van der Waals surface area contributed by atoms with E-state index < -0.39 is 22.5 Å². The van der Waals surface area contributed by atoms with Gasteiger partial charge in [-0.15, -0.1) is 11.3 Å². The Labute approximate surface area is 140 Å². The Morgan fingerprint density at radius 2 is 2.00 bits per heavy atom. The molecule has 1 heterocycles. The van der Waals surface area contributed by atoms with Gasteiger partial charge in [0.25, 0.3) is 10.0 Å². The molecule has 0 fully saturated rings. The first-order chi connectivity index (χ1) is 10.6. The highest BCUT2D eigenvalue weighted by atomic mass is 32.2. The third kappa shape index (κ3) is 6.28. The molecule has 0 aromatic carbocycles. The van der Waals surface area contributed by atoms with Gasteiger partial charge in [-0.05, 0) is 24.5 Å². The van der Waals surface area contributed by atoms with Gasteiger partial charge < -0.3 is 10.4 Å². The lowest BCUT2D eigenvalue weighted by Gasteiger charge is -2.12. The number of thiophene rings is 1. The van der Waals surface area contributed by atoms with Crippen LogP contribution in [-0.4, -0.2) is 49.8 Å². The maximum Gasteiger partial charge on any atom is 0.318 e. The smallest absolute Gasteiger partial charge is 0.318 e. The van der Waals surface area contributed by atoms with Crippen molar-refractivity contribution in [2.75, 3.05) is 20.1 Å². The van der Waals surface area contributed by atoms with Gasteiger partial charge in [-0.1, -0.05) is 13.8 Å². The summed E-state index contributed by atoms with van der Waals surface area (Å²) in [5.74, 6) is -0.940. The Bertz CT molecular complexity index is 652. The second-order valence-corrected chi connectivity index (χ2v) is 9.01. The first-order valence-electron chi connectivity index (χ1n) is 7.16. The minimum atomic E-state index is -3.79. The van der Waals surface area contributed by atoms with Crippen LogP contribution in [0.5, 0.6) is 0 Å². The van der Waals surface area contributed by atoms with Gasteiger partial charge in [-0.25, -0.2) is 8.42 Å². The molecule has 1 rings (SSSR count). The zero-order valence-corrected chi connectivity index (χ0v) is 15.0. The molecule has 130 valence electrons. The van der Waals surface area contributed by atoms with Crippen LogP contribution < -0.4 is 5.32 Å². The maximum absolute atomic E-state index is 12.2. The summed E-state index contributed by atoms with van der Waals surface area (Å²) in [6, 6.07) is 3.14. The average molecular weight is 362 g/mol. The van der Waals surface area contributed by atoms with E-state index in [2.05, 4.69) is 5.32 Å². The van der Waals surface area contributed by atoms with Gasteiger partial charge in [0.15, 0.2) is 0 Å². The number of aliphatic carboxylic acids is 1. The number of carboxylic acid groups (broad SMARTS) is 1. The highest BCUT2D eigenvalue weighted by molar-refractivity contribution is 7.91. The molecule has 0 unspecified atom stereocenters. The fourth-order valence-corrected chi connectivity index (χ4v) is 4.51. The highest BCUT2D eigenvalue weighted by Crippen LogP contribution is 2.24. The molecular formula is C14H22N2O5S2. The fraction of sp³-hybridized carbons (Fsp3) is 0.571. The van der Waals surface area contributed by atoms with E-state index >= 15 is 0 Å². The number of sulfonamides is 1. The number of rotatable bonds is 9. The zero-order chi connectivity index (χ0) is 17.6. The Kier molecular flexibility index (Phi) is 7.17. The number of amides is 1. The molecule has 0 aliphatic rings. The van der Waals surface area contributed by atoms with Crippen LogP contribution in [0.4, 0.5) is 0 Å². The molecule has 1 amide bonds. The van der Waals surface area contributed by atoms with Gasteiger partial charge in [0.05, 0.1) is 0 Å². The lowest BCUT2D eigenvalue weighted by molar-refractivity contribution is -0.137. The SMILES string of the molecule is CC(C)CC(=O)NCCc1ccc(S(=O)(=O)N(C)CC(=O)O)s1. The van der Waals surface area contributed by atoms with Crippen LogP contribution in [0, 0.1) is 5.92 Å². The summed E-state index contributed by atoms with van der Waals surface area (Å²) >= 11 is 1.09. The van der Waals surface area contributed by atoms with Crippen LogP contribution in [0.15, 0.2) is 16.3 Å². The predicted molar refractivity (Wildman–Crippen MR) is 87.9 cm³/mol. The monoisotopic (exact) mass is 362 g/mol. The zero-order valence-electron chi connectivity index (χ0n) is 13.4. The molecule has 2 N–H and O–H groups in total. The molecule has 23 heavy (non-hydrogen) atoms. The fourth-order valence-electron chi connectivity index (χ4n) is 1.83. The van der Waals surface area contributed by atoms with E-state index in [0.29, 0.717) is 25.3 Å². The third-order valence-electron chi connectivity index (χ3n) is 2.95. The van der Waals surface area contributed by atoms with E-state index in [4.69, 9.17) is 5.11 Å². The van der Waals surface area contributed by atoms with Crippen LogP contribution in [0.1, 0.15) is 25.1 Å². The quantitative estimate of drug-likeness (QED) is 0.686. The first kappa shape index (κ1) is 19.6. The van der Waals surface area contributed by atoms with Gasteiger partial charge in [0.2, 0.25) is 5.91 Å². The molecule has 7 nitrogen and oxygen atoms in total. The van der Waals surface area contributed by atoms with Gasteiger partial charge in [0.1, 0.15) is 10.8 Å². The largest absolute Gasteiger partial charge is 0.480 e. The summed E-state index contributed by atoms with van der Waals surface area (Å²) in [5, 5.41) is 11.5. The van der Waals surface area contributed by atoms with Crippen LogP contribution in [0.3, 0.4) is 0 Å². The van der Waals surface area contributed by atoms with Crippen molar-refractivity contribution in [3.63, 3.8) is 0 Å². The van der Waals surface area contributed by atoms with Gasteiger partial charge in [-0.2, -0.15) is 4.31 Å². The van der Waals surface area contributed by atoms with Crippen molar-refractivity contribution >= 4 is 33.2 Å². The standard InChI is InChI=1S/C14H22N2O5S2/c1-10(2)8-12(17)15-7-6-11-4-5-14(22-11)23(20,21)16(3)9-13(18)19/h4-5,10H,6-9H2,1-3H3,(H,15,17)(H,18,19). The highest BCUT2D eigenvalue weighted by Gasteiger charge is 2.24. The number of likely N-dealkylation sites (N-methyl/N-ethyl adjacent to an activating group) is 1. The van der Waals surface area contributed by atoms with E-state index in [0.717, 1.165) is 20.5 Å². The molecule has 9 heteroatoms. The topological polar surface area (TPSA) is 104 Å². The van der Waals surface area contributed by atoms with Crippen LogP contribution in [0.25, 0.3) is 0 Å². The van der Waals surface area contributed by atoms with Crippen LogP contribution in [0.2, 0.25) is 0 Å². The van der Waals surface area contributed by atoms with E-state index in [1.54, 1.807) is 6.07 Å². The van der Waals surface area contributed by atoms with Crippen molar-refractivity contribution in [3.05, 3.63) is 17.0 Å². The number of hydrogen-bond donors (Lipinski definition) is 2. The minimum Gasteiger partial charge on any atom is -0.480 e. The molecule has 1 aromatic rings. The van der Waals surface area contributed by atoms with Crippen LogP contribution in [-0.2, 0) is 26.0 Å². The van der Waals surface area contributed by atoms with Crippen molar-refractivity contribution in [2.24, 2.45) is 5.92 Å². The number of carbonyl (C=O) groups excluding carboxylic acids is 1. The Morgan fingerprint density at radius 3 is 2.57 bits per heavy atom. The molecule has 1 aromatic heterocycles. The number of nitrogens with zero attached hydrogens (tertiary/aromatic N) is 1. The van der Waals surface area contributed by atoms with Gasteiger partial charge in [0, 0.05) is 24.9 Å². The second-order valence-electron chi connectivity index (χ2n) is 5.57. The summed E-state index contributed by atoms with van der Waals surface area (Å²) in [7, 11) is -2.56. The molecule has 0 radical (unpaired) electrons. The Balaban J connectivity index is 2.61.